The van der Waals surface area contributed by atoms with Crippen LogP contribution in [0.3, 0.4) is 0 Å². The molecule has 2 aliphatic rings. The Hall–Kier alpha value is -3.47. The van der Waals surface area contributed by atoms with Crippen molar-refractivity contribution in [2.75, 3.05) is 13.1 Å². The van der Waals surface area contributed by atoms with Crippen LogP contribution >= 0.6 is 0 Å². The SMILES string of the molecule is O=c1[nH]c(C2=NCCCC2)nc2c1CN(Cc1ccc([N+](=O)[O-])cc1[N+](=O)[O-])CC2. The van der Waals surface area contributed by atoms with Crippen LogP contribution in [0.2, 0.25) is 0 Å². The Kier molecular flexibility index (Phi) is 5.36. The third-order valence-electron chi connectivity index (χ3n) is 5.42. The second-order valence-electron chi connectivity index (χ2n) is 7.41. The van der Waals surface area contributed by atoms with Gasteiger partial charge in [-0.05, 0) is 25.3 Å². The maximum absolute atomic E-state index is 12.7. The molecule has 30 heavy (non-hydrogen) atoms. The Bertz CT molecular complexity index is 1110. The van der Waals surface area contributed by atoms with Crippen molar-refractivity contribution >= 4 is 17.1 Å². The van der Waals surface area contributed by atoms with Crippen LogP contribution in [0.1, 0.15) is 41.9 Å². The van der Waals surface area contributed by atoms with Gasteiger partial charge in [0.2, 0.25) is 0 Å². The smallest absolute Gasteiger partial charge is 0.280 e. The van der Waals surface area contributed by atoms with E-state index >= 15 is 0 Å². The highest BCUT2D eigenvalue weighted by molar-refractivity contribution is 5.97. The van der Waals surface area contributed by atoms with Gasteiger partial charge >= 0.3 is 0 Å². The summed E-state index contributed by atoms with van der Waals surface area (Å²) >= 11 is 0. The van der Waals surface area contributed by atoms with Crippen LogP contribution < -0.4 is 5.56 Å². The first kappa shape index (κ1) is 19.8. The van der Waals surface area contributed by atoms with Gasteiger partial charge in [0.1, 0.15) is 0 Å². The summed E-state index contributed by atoms with van der Waals surface area (Å²) in [5, 5.41) is 22.3. The molecule has 1 aromatic heterocycles. The van der Waals surface area contributed by atoms with Crippen LogP contribution in [0, 0.1) is 20.2 Å². The number of fused-ring (bicyclic) bond motifs is 1. The molecule has 0 saturated carbocycles. The molecule has 3 heterocycles. The van der Waals surface area contributed by atoms with Crippen molar-refractivity contribution in [2.45, 2.75) is 38.8 Å². The van der Waals surface area contributed by atoms with Crippen molar-refractivity contribution in [1.82, 2.24) is 14.9 Å². The number of hydrogen-bond acceptors (Lipinski definition) is 8. The number of non-ortho nitro benzene ring substituents is 1. The predicted molar refractivity (Wildman–Crippen MR) is 108 cm³/mol. The van der Waals surface area contributed by atoms with E-state index in [0.717, 1.165) is 43.3 Å². The van der Waals surface area contributed by atoms with Crippen molar-refractivity contribution in [3.05, 3.63) is 71.4 Å². The highest BCUT2D eigenvalue weighted by Gasteiger charge is 2.26. The number of aromatic amines is 1. The van der Waals surface area contributed by atoms with E-state index in [1.165, 1.54) is 12.1 Å². The summed E-state index contributed by atoms with van der Waals surface area (Å²) in [5.74, 6) is 0.540. The molecule has 1 aromatic carbocycles. The van der Waals surface area contributed by atoms with Gasteiger partial charge in [0.05, 0.1) is 32.9 Å². The molecule has 0 spiro atoms. The van der Waals surface area contributed by atoms with Gasteiger partial charge in [-0.25, -0.2) is 4.98 Å². The van der Waals surface area contributed by atoms with E-state index in [9.17, 15) is 25.0 Å². The molecule has 2 aromatic rings. The summed E-state index contributed by atoms with van der Waals surface area (Å²) in [7, 11) is 0. The van der Waals surface area contributed by atoms with Gasteiger partial charge in [-0.15, -0.1) is 0 Å². The molecule has 0 bridgehead atoms. The fourth-order valence-electron chi connectivity index (χ4n) is 3.85. The Labute approximate surface area is 170 Å². The van der Waals surface area contributed by atoms with E-state index in [2.05, 4.69) is 15.0 Å². The fraction of sp³-hybridized carbons (Fsp3) is 0.421. The number of aliphatic imine (C=N–C) groups is 1. The van der Waals surface area contributed by atoms with E-state index in [1.54, 1.807) is 0 Å². The number of rotatable bonds is 5. The maximum atomic E-state index is 12.7. The lowest BCUT2D eigenvalue weighted by Crippen LogP contribution is -2.36. The van der Waals surface area contributed by atoms with Gasteiger partial charge < -0.3 is 4.98 Å². The van der Waals surface area contributed by atoms with Gasteiger partial charge in [-0.2, -0.15) is 0 Å². The zero-order chi connectivity index (χ0) is 21.3. The average molecular weight is 412 g/mol. The number of nitro groups is 2. The highest BCUT2D eigenvalue weighted by atomic mass is 16.6. The number of nitrogens with one attached hydrogen (secondary N) is 1. The Morgan fingerprint density at radius 3 is 2.67 bits per heavy atom. The quantitative estimate of drug-likeness (QED) is 0.584. The van der Waals surface area contributed by atoms with Crippen molar-refractivity contribution in [1.29, 1.82) is 0 Å². The standard InChI is InChI=1S/C19H20N6O5/c26-19-14-11-23(10-12-4-5-13(24(27)28)9-17(12)25(29)30)8-6-15(14)21-18(22-19)16-3-1-2-7-20-16/h4-5,9H,1-3,6-8,10-11H2,(H,21,22,26). The minimum absolute atomic E-state index is 0.210. The summed E-state index contributed by atoms with van der Waals surface area (Å²) in [6.45, 7) is 1.83. The molecule has 11 heteroatoms. The van der Waals surface area contributed by atoms with Crippen molar-refractivity contribution in [2.24, 2.45) is 4.99 Å². The number of aromatic nitrogens is 2. The van der Waals surface area contributed by atoms with Gasteiger partial charge in [-0.3, -0.25) is 34.9 Å². The van der Waals surface area contributed by atoms with Gasteiger partial charge in [-0.1, -0.05) is 0 Å². The normalized spacial score (nSPS) is 16.6. The summed E-state index contributed by atoms with van der Waals surface area (Å²) < 4.78 is 0. The molecule has 0 atom stereocenters. The summed E-state index contributed by atoms with van der Waals surface area (Å²) in [4.78, 5) is 47.5. The monoisotopic (exact) mass is 412 g/mol. The fourth-order valence-corrected chi connectivity index (χ4v) is 3.85. The summed E-state index contributed by atoms with van der Waals surface area (Å²) in [5.41, 5.74) is 1.64. The molecule has 0 unspecified atom stereocenters. The molecule has 4 rings (SSSR count). The largest absolute Gasteiger partial charge is 0.305 e. The molecule has 0 saturated heterocycles. The van der Waals surface area contributed by atoms with Crippen LogP contribution in [-0.2, 0) is 19.5 Å². The molecular weight excluding hydrogens is 392 g/mol. The Balaban J connectivity index is 1.57. The van der Waals surface area contributed by atoms with Gasteiger partial charge in [0, 0.05) is 44.2 Å². The molecular formula is C19H20N6O5. The van der Waals surface area contributed by atoms with E-state index in [4.69, 9.17) is 0 Å². The van der Waals surface area contributed by atoms with Gasteiger partial charge in [0.25, 0.3) is 16.9 Å². The lowest BCUT2D eigenvalue weighted by Gasteiger charge is -2.27. The number of nitro benzene ring substituents is 2. The predicted octanol–water partition coefficient (Wildman–Crippen LogP) is 2.12. The van der Waals surface area contributed by atoms with Crippen molar-refractivity contribution in [3.8, 4) is 0 Å². The topological polar surface area (TPSA) is 148 Å². The Morgan fingerprint density at radius 1 is 1.13 bits per heavy atom. The third-order valence-corrected chi connectivity index (χ3v) is 5.42. The zero-order valence-corrected chi connectivity index (χ0v) is 16.2. The first-order valence-electron chi connectivity index (χ1n) is 9.72. The molecule has 1 N–H and O–H groups in total. The first-order valence-corrected chi connectivity index (χ1v) is 9.72. The van der Waals surface area contributed by atoms with Crippen LogP contribution in [0.25, 0.3) is 0 Å². The molecule has 0 amide bonds. The second kappa shape index (κ2) is 8.11. The van der Waals surface area contributed by atoms with Crippen molar-refractivity contribution < 1.29 is 9.85 Å². The zero-order valence-electron chi connectivity index (χ0n) is 16.2. The van der Waals surface area contributed by atoms with Crippen LogP contribution in [0.15, 0.2) is 28.0 Å². The molecule has 156 valence electrons. The molecule has 0 radical (unpaired) electrons. The molecule has 0 aliphatic carbocycles. The molecule has 11 nitrogen and oxygen atoms in total. The van der Waals surface area contributed by atoms with E-state index in [-0.39, 0.29) is 23.5 Å². The first-order chi connectivity index (χ1) is 14.4. The summed E-state index contributed by atoms with van der Waals surface area (Å²) in [6, 6.07) is 3.63. The van der Waals surface area contributed by atoms with Crippen LogP contribution in [0.5, 0.6) is 0 Å². The summed E-state index contributed by atoms with van der Waals surface area (Å²) in [6.07, 6.45) is 3.42. The van der Waals surface area contributed by atoms with E-state index < -0.39 is 9.85 Å². The maximum Gasteiger partial charge on any atom is 0.280 e. The Morgan fingerprint density at radius 2 is 1.97 bits per heavy atom. The average Bonchev–Trinajstić information content (AvgIpc) is 2.74. The molecule has 0 fully saturated rings. The van der Waals surface area contributed by atoms with Crippen LogP contribution in [-0.4, -0.2) is 43.5 Å². The molecule has 2 aliphatic heterocycles. The lowest BCUT2D eigenvalue weighted by atomic mass is 10.0. The van der Waals surface area contributed by atoms with E-state index in [0.29, 0.717) is 36.5 Å². The number of benzene rings is 1. The minimum Gasteiger partial charge on any atom is -0.305 e. The minimum atomic E-state index is -0.659. The second-order valence-corrected chi connectivity index (χ2v) is 7.41. The van der Waals surface area contributed by atoms with Crippen molar-refractivity contribution in [3.63, 3.8) is 0 Å². The number of nitrogens with zero attached hydrogens (tertiary/aromatic N) is 5. The lowest BCUT2D eigenvalue weighted by molar-refractivity contribution is -0.394. The number of H-pyrrole nitrogens is 1. The highest BCUT2D eigenvalue weighted by Crippen LogP contribution is 2.27. The third kappa shape index (κ3) is 3.96. The van der Waals surface area contributed by atoms with E-state index in [1.807, 2.05) is 4.90 Å². The van der Waals surface area contributed by atoms with Crippen LogP contribution in [0.4, 0.5) is 11.4 Å². The van der Waals surface area contributed by atoms with Gasteiger partial charge in [0.15, 0.2) is 5.82 Å². The number of hydrogen-bond donors (Lipinski definition) is 1.